The maximum Gasteiger partial charge on any atom is 0.253 e. The van der Waals surface area contributed by atoms with E-state index in [1.54, 1.807) is 19.0 Å². The SMILES string of the molecule is CCNC(=NCc1cc(CC)no1)NCCc1cccc(C(=O)N(C)C)c1. The summed E-state index contributed by atoms with van der Waals surface area (Å²) in [6, 6.07) is 9.65. The van der Waals surface area contributed by atoms with Gasteiger partial charge in [-0.2, -0.15) is 0 Å². The van der Waals surface area contributed by atoms with Crippen molar-refractivity contribution in [3.63, 3.8) is 0 Å². The average Bonchev–Trinajstić information content (AvgIpc) is 3.13. The number of nitrogens with zero attached hydrogens (tertiary/aromatic N) is 3. The van der Waals surface area contributed by atoms with Crippen LogP contribution >= 0.6 is 0 Å². The summed E-state index contributed by atoms with van der Waals surface area (Å²) in [5.41, 5.74) is 2.74. The first-order valence-corrected chi connectivity index (χ1v) is 9.30. The standard InChI is InChI=1S/C20H29N5O2/c1-5-17-13-18(27-24-17)14-23-20(21-6-2)22-11-10-15-8-7-9-16(12-15)19(26)25(3)4/h7-9,12-13H,5-6,10-11,14H2,1-4H3,(H2,21,22,23). The Hall–Kier alpha value is -2.83. The Bertz CT molecular complexity index is 767. The van der Waals surface area contributed by atoms with Crippen molar-refractivity contribution in [2.45, 2.75) is 33.2 Å². The van der Waals surface area contributed by atoms with Gasteiger partial charge in [0, 0.05) is 38.8 Å². The van der Waals surface area contributed by atoms with Crippen molar-refractivity contribution in [1.82, 2.24) is 20.7 Å². The van der Waals surface area contributed by atoms with Crippen LogP contribution in [0.5, 0.6) is 0 Å². The van der Waals surface area contributed by atoms with E-state index in [9.17, 15) is 4.79 Å². The smallest absolute Gasteiger partial charge is 0.253 e. The molecular formula is C20H29N5O2. The van der Waals surface area contributed by atoms with Crippen molar-refractivity contribution in [3.8, 4) is 0 Å². The minimum Gasteiger partial charge on any atom is -0.359 e. The molecule has 27 heavy (non-hydrogen) atoms. The summed E-state index contributed by atoms with van der Waals surface area (Å²) in [4.78, 5) is 18.2. The van der Waals surface area contributed by atoms with Crippen molar-refractivity contribution in [2.24, 2.45) is 4.99 Å². The number of carbonyl (C=O) groups excluding carboxylic acids is 1. The van der Waals surface area contributed by atoms with Crippen molar-refractivity contribution in [1.29, 1.82) is 0 Å². The molecule has 7 nitrogen and oxygen atoms in total. The van der Waals surface area contributed by atoms with Gasteiger partial charge in [-0.15, -0.1) is 0 Å². The Balaban J connectivity index is 1.91. The van der Waals surface area contributed by atoms with Crippen LogP contribution in [0.3, 0.4) is 0 Å². The highest BCUT2D eigenvalue weighted by Gasteiger charge is 2.08. The molecule has 0 atom stereocenters. The molecule has 1 heterocycles. The van der Waals surface area contributed by atoms with Crippen LogP contribution in [0.15, 0.2) is 39.8 Å². The van der Waals surface area contributed by atoms with E-state index in [4.69, 9.17) is 4.52 Å². The van der Waals surface area contributed by atoms with Gasteiger partial charge in [-0.25, -0.2) is 4.99 Å². The predicted octanol–water partition coefficient (Wildman–Crippen LogP) is 2.24. The molecule has 0 aliphatic heterocycles. The highest BCUT2D eigenvalue weighted by atomic mass is 16.5. The first-order chi connectivity index (χ1) is 13.0. The molecule has 0 aliphatic carbocycles. The molecule has 1 aromatic carbocycles. The van der Waals surface area contributed by atoms with E-state index >= 15 is 0 Å². The van der Waals surface area contributed by atoms with E-state index in [-0.39, 0.29) is 5.91 Å². The molecule has 0 bridgehead atoms. The quantitative estimate of drug-likeness (QED) is 0.549. The van der Waals surface area contributed by atoms with E-state index in [0.29, 0.717) is 18.7 Å². The van der Waals surface area contributed by atoms with Gasteiger partial charge in [0.25, 0.3) is 5.91 Å². The number of benzene rings is 1. The van der Waals surface area contributed by atoms with Gasteiger partial charge in [0.15, 0.2) is 11.7 Å². The summed E-state index contributed by atoms with van der Waals surface area (Å²) in [5.74, 6) is 1.49. The van der Waals surface area contributed by atoms with Crippen LogP contribution in [0.4, 0.5) is 0 Å². The number of guanidine groups is 1. The normalized spacial score (nSPS) is 11.3. The topological polar surface area (TPSA) is 82.8 Å². The number of amides is 1. The van der Waals surface area contributed by atoms with Crippen LogP contribution in [-0.2, 0) is 19.4 Å². The third-order valence-corrected chi connectivity index (χ3v) is 3.99. The number of carbonyl (C=O) groups is 1. The Labute approximate surface area is 160 Å². The maximum atomic E-state index is 12.1. The zero-order valence-corrected chi connectivity index (χ0v) is 16.6. The van der Waals surface area contributed by atoms with Crippen LogP contribution < -0.4 is 10.6 Å². The summed E-state index contributed by atoms with van der Waals surface area (Å²) < 4.78 is 5.26. The summed E-state index contributed by atoms with van der Waals surface area (Å²) in [5, 5.41) is 10.5. The van der Waals surface area contributed by atoms with Crippen LogP contribution in [0, 0.1) is 0 Å². The van der Waals surface area contributed by atoms with Crippen molar-refractivity contribution in [3.05, 3.63) is 52.9 Å². The summed E-state index contributed by atoms with van der Waals surface area (Å²) in [6.07, 6.45) is 1.64. The van der Waals surface area contributed by atoms with E-state index in [1.165, 1.54) is 0 Å². The predicted molar refractivity (Wildman–Crippen MR) is 107 cm³/mol. The number of hydrogen-bond donors (Lipinski definition) is 2. The van der Waals surface area contributed by atoms with E-state index < -0.39 is 0 Å². The minimum atomic E-state index is 0.0122. The first-order valence-electron chi connectivity index (χ1n) is 9.30. The molecule has 1 amide bonds. The molecule has 2 N–H and O–H groups in total. The molecule has 0 spiro atoms. The molecular weight excluding hydrogens is 342 g/mol. The van der Waals surface area contributed by atoms with Gasteiger partial charge in [-0.3, -0.25) is 4.79 Å². The van der Waals surface area contributed by atoms with Gasteiger partial charge in [-0.05, 0) is 37.5 Å². The fourth-order valence-electron chi connectivity index (χ4n) is 2.54. The largest absolute Gasteiger partial charge is 0.359 e. The van der Waals surface area contributed by atoms with Gasteiger partial charge in [0.1, 0.15) is 6.54 Å². The van der Waals surface area contributed by atoms with E-state index in [1.807, 2.05) is 44.2 Å². The molecule has 0 radical (unpaired) electrons. The molecule has 2 aromatic rings. The number of aryl methyl sites for hydroxylation is 1. The highest BCUT2D eigenvalue weighted by molar-refractivity contribution is 5.94. The lowest BCUT2D eigenvalue weighted by Crippen LogP contribution is -2.38. The molecule has 0 saturated heterocycles. The zero-order valence-electron chi connectivity index (χ0n) is 16.6. The molecule has 0 saturated carbocycles. The molecule has 0 unspecified atom stereocenters. The van der Waals surface area contributed by atoms with E-state index in [0.717, 1.165) is 42.4 Å². The van der Waals surface area contributed by atoms with Crippen molar-refractivity contribution in [2.75, 3.05) is 27.2 Å². The zero-order chi connectivity index (χ0) is 19.6. The first kappa shape index (κ1) is 20.5. The number of nitrogens with one attached hydrogen (secondary N) is 2. The number of aliphatic imine (C=N–C) groups is 1. The fraction of sp³-hybridized carbons (Fsp3) is 0.450. The molecule has 2 rings (SSSR count). The monoisotopic (exact) mass is 371 g/mol. The van der Waals surface area contributed by atoms with Gasteiger partial charge < -0.3 is 20.1 Å². The third kappa shape index (κ3) is 6.44. The summed E-state index contributed by atoms with van der Waals surface area (Å²) in [7, 11) is 3.52. The Morgan fingerprint density at radius 2 is 2.04 bits per heavy atom. The van der Waals surface area contributed by atoms with Crippen molar-refractivity contribution >= 4 is 11.9 Å². The number of aromatic nitrogens is 1. The van der Waals surface area contributed by atoms with Gasteiger partial charge in [-0.1, -0.05) is 24.2 Å². The molecule has 1 aromatic heterocycles. The second-order valence-electron chi connectivity index (χ2n) is 6.41. The minimum absolute atomic E-state index is 0.0122. The highest BCUT2D eigenvalue weighted by Crippen LogP contribution is 2.08. The molecule has 7 heteroatoms. The molecule has 146 valence electrons. The van der Waals surface area contributed by atoms with Gasteiger partial charge in [0.2, 0.25) is 0 Å². The Morgan fingerprint density at radius 3 is 2.70 bits per heavy atom. The number of rotatable bonds is 8. The van der Waals surface area contributed by atoms with Crippen LogP contribution in [0.2, 0.25) is 0 Å². The lowest BCUT2D eigenvalue weighted by atomic mass is 10.1. The lowest BCUT2D eigenvalue weighted by molar-refractivity contribution is 0.0827. The molecule has 0 fully saturated rings. The van der Waals surface area contributed by atoms with Gasteiger partial charge in [0.05, 0.1) is 5.69 Å². The lowest BCUT2D eigenvalue weighted by Gasteiger charge is -2.13. The van der Waals surface area contributed by atoms with Gasteiger partial charge >= 0.3 is 0 Å². The Kier molecular flexibility index (Phi) is 7.85. The van der Waals surface area contributed by atoms with Crippen molar-refractivity contribution < 1.29 is 9.32 Å². The second kappa shape index (κ2) is 10.4. The van der Waals surface area contributed by atoms with Crippen LogP contribution in [0.1, 0.15) is 41.2 Å². The third-order valence-electron chi connectivity index (χ3n) is 3.99. The summed E-state index contributed by atoms with van der Waals surface area (Å²) >= 11 is 0. The Morgan fingerprint density at radius 1 is 1.22 bits per heavy atom. The summed E-state index contributed by atoms with van der Waals surface area (Å²) in [6.45, 7) is 5.99. The maximum absolute atomic E-state index is 12.1. The molecule has 0 aliphatic rings. The van der Waals surface area contributed by atoms with E-state index in [2.05, 4.69) is 20.8 Å². The second-order valence-corrected chi connectivity index (χ2v) is 6.41. The fourth-order valence-corrected chi connectivity index (χ4v) is 2.54. The van der Waals surface area contributed by atoms with Crippen LogP contribution in [0.25, 0.3) is 0 Å². The average molecular weight is 371 g/mol. The van der Waals surface area contributed by atoms with Crippen LogP contribution in [-0.4, -0.2) is 49.1 Å². The number of hydrogen-bond acceptors (Lipinski definition) is 4.